The summed E-state index contributed by atoms with van der Waals surface area (Å²) in [5, 5.41) is 3.79. The van der Waals surface area contributed by atoms with Crippen LogP contribution in [-0.4, -0.2) is 15.9 Å². The largest absolute Gasteiger partial charge is 0.451 e. The van der Waals surface area contributed by atoms with Crippen LogP contribution in [0.25, 0.3) is 22.2 Å². The number of amides is 1. The SMILES string of the molecule is Cc1ccc2c(C)c(C(=O)Nc3ccc(-c4cc(=O)[nH]c(C)n4)cc3)oc2c1. The molecule has 2 aromatic carbocycles. The van der Waals surface area contributed by atoms with Crippen molar-refractivity contribution in [2.24, 2.45) is 0 Å². The van der Waals surface area contributed by atoms with E-state index in [1.54, 1.807) is 19.1 Å². The van der Waals surface area contributed by atoms with Crippen molar-refractivity contribution in [3.8, 4) is 11.3 Å². The van der Waals surface area contributed by atoms with Gasteiger partial charge < -0.3 is 14.7 Å². The molecule has 0 radical (unpaired) electrons. The van der Waals surface area contributed by atoms with Crippen molar-refractivity contribution in [1.82, 2.24) is 9.97 Å². The van der Waals surface area contributed by atoms with Gasteiger partial charge in [0.2, 0.25) is 0 Å². The summed E-state index contributed by atoms with van der Waals surface area (Å²) in [6.07, 6.45) is 0. The number of hydrogen-bond acceptors (Lipinski definition) is 4. The third-order valence-electron chi connectivity index (χ3n) is 4.60. The monoisotopic (exact) mass is 373 g/mol. The Kier molecular flexibility index (Phi) is 4.31. The molecule has 0 bridgehead atoms. The smallest absolute Gasteiger partial charge is 0.291 e. The molecule has 28 heavy (non-hydrogen) atoms. The lowest BCUT2D eigenvalue weighted by Crippen LogP contribution is -2.12. The van der Waals surface area contributed by atoms with E-state index < -0.39 is 0 Å². The zero-order valence-corrected chi connectivity index (χ0v) is 15.8. The topological polar surface area (TPSA) is 88.0 Å². The predicted octanol–water partition coefficient (Wildman–Crippen LogP) is 4.36. The lowest BCUT2D eigenvalue weighted by molar-refractivity contribution is 0.0998. The summed E-state index contributed by atoms with van der Waals surface area (Å²) < 4.78 is 5.77. The minimum atomic E-state index is -0.302. The molecule has 0 aliphatic carbocycles. The highest BCUT2D eigenvalue weighted by Gasteiger charge is 2.18. The molecular weight excluding hydrogens is 354 g/mol. The minimum absolute atomic E-state index is 0.199. The summed E-state index contributed by atoms with van der Waals surface area (Å²) in [6, 6.07) is 14.5. The van der Waals surface area contributed by atoms with Gasteiger partial charge in [-0.15, -0.1) is 0 Å². The Labute approximate surface area is 161 Å². The first-order valence-electron chi connectivity index (χ1n) is 8.90. The molecule has 0 aliphatic rings. The van der Waals surface area contributed by atoms with Crippen molar-refractivity contribution in [2.45, 2.75) is 20.8 Å². The molecule has 4 rings (SSSR count). The molecule has 0 saturated heterocycles. The average Bonchev–Trinajstić information content (AvgIpc) is 2.97. The third-order valence-corrected chi connectivity index (χ3v) is 4.60. The molecule has 1 amide bonds. The van der Waals surface area contributed by atoms with Crippen LogP contribution in [0.15, 0.2) is 57.7 Å². The fourth-order valence-corrected chi connectivity index (χ4v) is 3.19. The van der Waals surface area contributed by atoms with E-state index in [4.69, 9.17) is 4.42 Å². The molecule has 6 nitrogen and oxygen atoms in total. The Morgan fingerprint density at radius 2 is 1.79 bits per heavy atom. The summed E-state index contributed by atoms with van der Waals surface area (Å²) in [5.41, 5.74) is 4.40. The van der Waals surface area contributed by atoms with Crippen molar-refractivity contribution in [3.63, 3.8) is 0 Å². The number of hydrogen-bond donors (Lipinski definition) is 2. The van der Waals surface area contributed by atoms with Crippen molar-refractivity contribution in [3.05, 3.63) is 81.6 Å². The molecule has 4 aromatic rings. The Morgan fingerprint density at radius 3 is 2.50 bits per heavy atom. The molecule has 2 heterocycles. The maximum absolute atomic E-state index is 12.7. The van der Waals surface area contributed by atoms with Gasteiger partial charge in [0.15, 0.2) is 5.76 Å². The Hall–Kier alpha value is -3.67. The number of aryl methyl sites for hydroxylation is 3. The van der Waals surface area contributed by atoms with Gasteiger partial charge in [-0.2, -0.15) is 0 Å². The van der Waals surface area contributed by atoms with Gasteiger partial charge in [-0.3, -0.25) is 9.59 Å². The van der Waals surface area contributed by atoms with Gasteiger partial charge in [0.1, 0.15) is 11.4 Å². The van der Waals surface area contributed by atoms with E-state index in [9.17, 15) is 9.59 Å². The van der Waals surface area contributed by atoms with E-state index in [1.165, 1.54) is 6.07 Å². The molecule has 2 N–H and O–H groups in total. The standard InChI is InChI=1S/C22H19N3O3/c1-12-4-9-17-13(2)21(28-19(17)10-12)22(27)25-16-7-5-15(6-8-16)18-11-20(26)24-14(3)23-18/h4-11H,1-3H3,(H,25,27)(H,23,24,26). The molecule has 2 aromatic heterocycles. The number of fused-ring (bicyclic) bond motifs is 1. The second-order valence-electron chi connectivity index (χ2n) is 6.80. The van der Waals surface area contributed by atoms with E-state index in [-0.39, 0.29) is 11.5 Å². The first-order chi connectivity index (χ1) is 13.4. The second-order valence-corrected chi connectivity index (χ2v) is 6.80. The van der Waals surface area contributed by atoms with Crippen LogP contribution < -0.4 is 10.9 Å². The van der Waals surface area contributed by atoms with Crippen LogP contribution >= 0.6 is 0 Å². The summed E-state index contributed by atoms with van der Waals surface area (Å²) in [6.45, 7) is 5.59. The number of carbonyl (C=O) groups is 1. The molecular formula is C22H19N3O3. The second kappa shape index (κ2) is 6.81. The van der Waals surface area contributed by atoms with Crippen LogP contribution in [0.3, 0.4) is 0 Å². The minimum Gasteiger partial charge on any atom is -0.451 e. The number of aromatic amines is 1. The number of anilines is 1. The van der Waals surface area contributed by atoms with Crippen LogP contribution in [0.5, 0.6) is 0 Å². The number of aromatic nitrogens is 2. The van der Waals surface area contributed by atoms with E-state index in [1.807, 2.05) is 44.2 Å². The third kappa shape index (κ3) is 3.32. The lowest BCUT2D eigenvalue weighted by atomic mass is 10.1. The predicted molar refractivity (Wildman–Crippen MR) is 109 cm³/mol. The number of H-pyrrole nitrogens is 1. The Bertz CT molecular complexity index is 1250. The molecule has 0 aliphatic heterocycles. The van der Waals surface area contributed by atoms with E-state index >= 15 is 0 Å². The van der Waals surface area contributed by atoms with Crippen molar-refractivity contribution in [1.29, 1.82) is 0 Å². The maximum Gasteiger partial charge on any atom is 0.291 e. The average molecular weight is 373 g/mol. The molecule has 140 valence electrons. The van der Waals surface area contributed by atoms with Crippen molar-refractivity contribution >= 4 is 22.6 Å². The zero-order chi connectivity index (χ0) is 19.8. The summed E-state index contributed by atoms with van der Waals surface area (Å²) in [4.78, 5) is 31.2. The van der Waals surface area contributed by atoms with E-state index in [0.717, 1.165) is 22.1 Å². The lowest BCUT2D eigenvalue weighted by Gasteiger charge is -2.06. The number of carbonyl (C=O) groups excluding carboxylic acids is 1. The number of nitrogens with one attached hydrogen (secondary N) is 2. The van der Waals surface area contributed by atoms with Crippen LogP contribution in [0.1, 0.15) is 27.5 Å². The van der Waals surface area contributed by atoms with Crippen LogP contribution in [-0.2, 0) is 0 Å². The normalized spacial score (nSPS) is 11.0. The number of benzene rings is 2. The highest BCUT2D eigenvalue weighted by molar-refractivity contribution is 6.06. The quantitative estimate of drug-likeness (QED) is 0.558. The van der Waals surface area contributed by atoms with Crippen molar-refractivity contribution in [2.75, 3.05) is 5.32 Å². The van der Waals surface area contributed by atoms with Crippen LogP contribution in [0.2, 0.25) is 0 Å². The summed E-state index contributed by atoms with van der Waals surface area (Å²) in [5.74, 6) is 0.552. The van der Waals surface area contributed by atoms with Gasteiger partial charge in [-0.1, -0.05) is 24.3 Å². The first-order valence-corrected chi connectivity index (χ1v) is 8.90. The van der Waals surface area contributed by atoms with Gasteiger partial charge in [-0.05, 0) is 44.5 Å². The highest BCUT2D eigenvalue weighted by Crippen LogP contribution is 2.27. The highest BCUT2D eigenvalue weighted by atomic mass is 16.3. The van der Waals surface area contributed by atoms with Gasteiger partial charge >= 0.3 is 0 Å². The molecule has 0 saturated carbocycles. The summed E-state index contributed by atoms with van der Waals surface area (Å²) in [7, 11) is 0. The zero-order valence-electron chi connectivity index (χ0n) is 15.8. The van der Waals surface area contributed by atoms with E-state index in [0.29, 0.717) is 28.5 Å². The van der Waals surface area contributed by atoms with Gasteiger partial charge in [0.25, 0.3) is 11.5 Å². The van der Waals surface area contributed by atoms with Gasteiger partial charge in [0, 0.05) is 28.3 Å². The first kappa shape index (κ1) is 17.7. The maximum atomic E-state index is 12.7. The van der Waals surface area contributed by atoms with E-state index in [2.05, 4.69) is 15.3 Å². The molecule has 0 fully saturated rings. The van der Waals surface area contributed by atoms with Crippen molar-refractivity contribution < 1.29 is 9.21 Å². The fraction of sp³-hybridized carbons (Fsp3) is 0.136. The molecule has 0 spiro atoms. The van der Waals surface area contributed by atoms with Gasteiger partial charge in [-0.25, -0.2) is 4.98 Å². The Morgan fingerprint density at radius 1 is 1.04 bits per heavy atom. The number of nitrogens with zero attached hydrogens (tertiary/aromatic N) is 1. The van der Waals surface area contributed by atoms with Crippen LogP contribution in [0, 0.1) is 20.8 Å². The number of furan rings is 1. The molecule has 6 heteroatoms. The van der Waals surface area contributed by atoms with Gasteiger partial charge in [0.05, 0.1) is 5.69 Å². The van der Waals surface area contributed by atoms with Crippen LogP contribution in [0.4, 0.5) is 5.69 Å². The Balaban J connectivity index is 1.58. The fourth-order valence-electron chi connectivity index (χ4n) is 3.19. The summed E-state index contributed by atoms with van der Waals surface area (Å²) >= 11 is 0. The number of rotatable bonds is 3. The molecule has 0 atom stereocenters. The molecule has 0 unspecified atom stereocenters.